The lowest BCUT2D eigenvalue weighted by Gasteiger charge is -2.29. The predicted molar refractivity (Wildman–Crippen MR) is 76.7 cm³/mol. The molecule has 0 aromatic heterocycles. The third-order valence-corrected chi connectivity index (χ3v) is 3.29. The Balaban J connectivity index is 2.48. The summed E-state index contributed by atoms with van der Waals surface area (Å²) < 4.78 is 9.88. The highest BCUT2D eigenvalue weighted by Crippen LogP contribution is 2.36. The second-order valence-electron chi connectivity index (χ2n) is 4.86. The van der Waals surface area contributed by atoms with Crippen LogP contribution in [-0.4, -0.2) is 27.8 Å². The van der Waals surface area contributed by atoms with Gasteiger partial charge >= 0.3 is 17.6 Å². The molecule has 1 aliphatic rings. The number of nitro groups is 1. The molecule has 0 unspecified atom stereocenters. The number of carbonyl (C=O) groups is 2. The van der Waals surface area contributed by atoms with Gasteiger partial charge in [-0.3, -0.25) is 10.1 Å². The van der Waals surface area contributed by atoms with Crippen LogP contribution in [0.5, 0.6) is 5.75 Å². The van der Waals surface area contributed by atoms with Crippen molar-refractivity contribution in [3.8, 4) is 5.75 Å². The van der Waals surface area contributed by atoms with Crippen LogP contribution in [0.25, 0.3) is 6.08 Å². The van der Waals surface area contributed by atoms with Crippen molar-refractivity contribution in [3.05, 3.63) is 37.9 Å². The van der Waals surface area contributed by atoms with Gasteiger partial charge in [0, 0.05) is 19.9 Å². The molecule has 0 atom stereocenters. The van der Waals surface area contributed by atoms with E-state index in [1.165, 1.54) is 19.9 Å². The Morgan fingerprint density at radius 1 is 1.27 bits per heavy atom. The molecule has 2 rings (SSSR count). The Morgan fingerprint density at radius 2 is 1.82 bits per heavy atom. The Hall–Kier alpha value is -2.42. The summed E-state index contributed by atoms with van der Waals surface area (Å²) in [5.74, 6) is -3.71. The number of hydrogen-bond donors (Lipinski definition) is 1. The van der Waals surface area contributed by atoms with Crippen LogP contribution < -0.4 is 0 Å². The lowest BCUT2D eigenvalue weighted by molar-refractivity contribution is -0.386. The van der Waals surface area contributed by atoms with Crippen molar-refractivity contribution in [2.75, 3.05) is 0 Å². The van der Waals surface area contributed by atoms with Gasteiger partial charge in [0.05, 0.1) is 9.40 Å². The number of ether oxygens (including phenoxy) is 2. The molecule has 0 spiro atoms. The lowest BCUT2D eigenvalue weighted by Crippen LogP contribution is -2.41. The summed E-state index contributed by atoms with van der Waals surface area (Å²) in [4.78, 5) is 33.7. The Kier molecular flexibility index (Phi) is 3.92. The summed E-state index contributed by atoms with van der Waals surface area (Å²) in [6, 6.07) is 2.34. The third kappa shape index (κ3) is 3.08. The van der Waals surface area contributed by atoms with Crippen molar-refractivity contribution in [1.82, 2.24) is 0 Å². The highest BCUT2D eigenvalue weighted by molar-refractivity contribution is 9.10. The number of aromatic hydroxyl groups is 1. The van der Waals surface area contributed by atoms with Gasteiger partial charge in [0.2, 0.25) is 5.75 Å². The van der Waals surface area contributed by atoms with E-state index in [1.54, 1.807) is 0 Å². The number of cyclic esters (lactones) is 2. The number of rotatable bonds is 2. The molecule has 0 saturated carbocycles. The maximum atomic E-state index is 11.8. The van der Waals surface area contributed by atoms with Gasteiger partial charge < -0.3 is 14.6 Å². The molecule has 22 heavy (non-hydrogen) atoms. The molecule has 1 aromatic rings. The van der Waals surface area contributed by atoms with Gasteiger partial charge in [-0.15, -0.1) is 0 Å². The van der Waals surface area contributed by atoms with Crippen molar-refractivity contribution >= 4 is 39.6 Å². The zero-order valence-corrected chi connectivity index (χ0v) is 13.0. The van der Waals surface area contributed by atoms with Gasteiger partial charge in [-0.1, -0.05) is 0 Å². The number of nitro benzene ring substituents is 1. The van der Waals surface area contributed by atoms with Crippen LogP contribution >= 0.6 is 15.9 Å². The van der Waals surface area contributed by atoms with Crippen LogP contribution in [-0.2, 0) is 19.1 Å². The van der Waals surface area contributed by atoms with Crippen molar-refractivity contribution < 1.29 is 29.1 Å². The number of phenols is 1. The number of carbonyl (C=O) groups excluding carboxylic acids is 2. The number of phenolic OH excluding ortho intramolecular Hbond substituents is 1. The standard InChI is InChI=1S/C13H10BrNO7/c1-13(2)21-11(17)7(12(18)22-13)3-6-4-8(14)10(16)9(5-6)15(19)20/h3-5,16H,1-2H3. The van der Waals surface area contributed by atoms with Crippen molar-refractivity contribution in [3.63, 3.8) is 0 Å². The molecule has 116 valence electrons. The van der Waals surface area contributed by atoms with Gasteiger partial charge in [-0.25, -0.2) is 9.59 Å². The van der Waals surface area contributed by atoms with E-state index in [0.717, 1.165) is 12.1 Å². The molecule has 1 saturated heterocycles. The average Bonchev–Trinajstić information content (AvgIpc) is 2.36. The molecule has 1 heterocycles. The Labute approximate surface area is 132 Å². The molecular formula is C13H10BrNO7. The summed E-state index contributed by atoms with van der Waals surface area (Å²) in [6.07, 6.45) is 1.09. The molecular weight excluding hydrogens is 362 g/mol. The molecule has 8 nitrogen and oxygen atoms in total. The second kappa shape index (κ2) is 5.41. The van der Waals surface area contributed by atoms with Crippen molar-refractivity contribution in [2.45, 2.75) is 19.6 Å². The highest BCUT2D eigenvalue weighted by atomic mass is 79.9. The van der Waals surface area contributed by atoms with Crippen LogP contribution in [0.3, 0.4) is 0 Å². The number of nitrogens with zero attached hydrogens (tertiary/aromatic N) is 1. The monoisotopic (exact) mass is 371 g/mol. The summed E-state index contributed by atoms with van der Waals surface area (Å²) in [7, 11) is 0. The van der Waals surface area contributed by atoms with Crippen molar-refractivity contribution in [2.24, 2.45) is 0 Å². The molecule has 1 aliphatic heterocycles. The molecule has 1 N–H and O–H groups in total. The molecule has 0 radical (unpaired) electrons. The summed E-state index contributed by atoms with van der Waals surface area (Å²) in [5.41, 5.74) is -0.815. The topological polar surface area (TPSA) is 116 Å². The first-order chi connectivity index (χ1) is 10.1. The molecule has 0 aliphatic carbocycles. The molecule has 0 amide bonds. The van der Waals surface area contributed by atoms with E-state index in [4.69, 9.17) is 9.47 Å². The van der Waals surface area contributed by atoms with Gasteiger partial charge in [-0.2, -0.15) is 0 Å². The minimum absolute atomic E-state index is 0.0476. The van der Waals surface area contributed by atoms with E-state index in [-0.39, 0.29) is 10.0 Å². The second-order valence-corrected chi connectivity index (χ2v) is 5.72. The fraction of sp³-hybridized carbons (Fsp3) is 0.231. The largest absolute Gasteiger partial charge is 0.501 e. The quantitative estimate of drug-likeness (QED) is 0.278. The smallest absolute Gasteiger partial charge is 0.348 e. The predicted octanol–water partition coefficient (Wildman–Crippen LogP) is 2.28. The van der Waals surface area contributed by atoms with Crippen LogP contribution in [0.4, 0.5) is 5.69 Å². The van der Waals surface area contributed by atoms with Crippen LogP contribution in [0.1, 0.15) is 19.4 Å². The zero-order chi connectivity index (χ0) is 16.7. The Morgan fingerprint density at radius 3 is 2.32 bits per heavy atom. The average molecular weight is 372 g/mol. The van der Waals surface area contributed by atoms with Gasteiger partial charge in [-0.05, 0) is 33.6 Å². The summed E-state index contributed by atoms with van der Waals surface area (Å²) in [5, 5.41) is 20.4. The molecule has 1 fully saturated rings. The first-order valence-corrected chi connectivity index (χ1v) is 6.75. The first-order valence-electron chi connectivity index (χ1n) is 5.96. The van der Waals surface area contributed by atoms with Gasteiger partial charge in [0.15, 0.2) is 0 Å². The molecule has 9 heteroatoms. The number of benzene rings is 1. The Bertz CT molecular complexity index is 701. The van der Waals surface area contributed by atoms with E-state index in [0.29, 0.717) is 0 Å². The SMILES string of the molecule is CC1(C)OC(=O)C(=Cc2cc(Br)c(O)c([N+](=O)[O-])c2)C(=O)O1. The number of hydrogen-bond acceptors (Lipinski definition) is 7. The normalized spacial score (nSPS) is 16.8. The highest BCUT2D eigenvalue weighted by Gasteiger charge is 2.39. The van der Waals surface area contributed by atoms with E-state index < -0.39 is 39.7 Å². The summed E-state index contributed by atoms with van der Waals surface area (Å²) >= 11 is 2.96. The minimum atomic E-state index is -1.37. The van der Waals surface area contributed by atoms with E-state index in [1.807, 2.05) is 0 Å². The first kappa shape index (κ1) is 16.0. The zero-order valence-electron chi connectivity index (χ0n) is 11.5. The summed E-state index contributed by atoms with van der Waals surface area (Å²) in [6.45, 7) is 2.81. The number of halogens is 1. The van der Waals surface area contributed by atoms with E-state index >= 15 is 0 Å². The third-order valence-electron chi connectivity index (χ3n) is 2.69. The van der Waals surface area contributed by atoms with Crippen LogP contribution in [0, 0.1) is 10.1 Å². The maximum Gasteiger partial charge on any atom is 0.348 e. The maximum absolute atomic E-state index is 11.8. The van der Waals surface area contributed by atoms with E-state index in [9.17, 15) is 24.8 Å². The van der Waals surface area contributed by atoms with Gasteiger partial charge in [0.1, 0.15) is 5.57 Å². The van der Waals surface area contributed by atoms with Gasteiger partial charge in [0.25, 0.3) is 5.79 Å². The fourth-order valence-electron chi connectivity index (χ4n) is 1.77. The van der Waals surface area contributed by atoms with Crippen molar-refractivity contribution in [1.29, 1.82) is 0 Å². The lowest BCUT2D eigenvalue weighted by atomic mass is 10.1. The van der Waals surface area contributed by atoms with E-state index in [2.05, 4.69) is 15.9 Å². The van der Waals surface area contributed by atoms with Crippen LogP contribution in [0.15, 0.2) is 22.2 Å². The van der Waals surface area contributed by atoms with Crippen LogP contribution in [0.2, 0.25) is 0 Å². The number of esters is 2. The molecule has 0 bridgehead atoms. The molecule has 1 aromatic carbocycles. The minimum Gasteiger partial charge on any atom is -0.501 e. The fourth-order valence-corrected chi connectivity index (χ4v) is 2.24.